The molecule has 3 aromatic rings. The number of nitrogens with zero attached hydrogens (tertiary/aromatic N) is 2. The zero-order valence-corrected chi connectivity index (χ0v) is 14.7. The summed E-state index contributed by atoms with van der Waals surface area (Å²) in [4.78, 5) is 28.4. The Morgan fingerprint density at radius 2 is 1.88 bits per heavy atom. The number of hydrogen-bond acceptors (Lipinski definition) is 5. The fourth-order valence-corrected chi connectivity index (χ4v) is 3.27. The highest BCUT2D eigenvalue weighted by Gasteiger charge is 2.17. The van der Waals surface area contributed by atoms with Crippen LogP contribution < -0.4 is 5.32 Å². The molecule has 0 radical (unpaired) electrons. The topological polar surface area (TPSA) is 73.2 Å². The number of aromatic nitrogens is 2. The molecule has 0 unspecified atom stereocenters. The van der Waals surface area contributed by atoms with Crippen LogP contribution in [-0.4, -0.2) is 28.5 Å². The molecule has 128 valence electrons. The van der Waals surface area contributed by atoms with Gasteiger partial charge in [-0.3, -0.25) is 4.79 Å². The third-order valence-electron chi connectivity index (χ3n) is 3.62. The second-order valence-corrected chi connectivity index (χ2v) is 6.41. The number of thiazole rings is 1. The zero-order chi connectivity index (χ0) is 17.8. The minimum Gasteiger partial charge on any atom is -0.465 e. The first kappa shape index (κ1) is 16.9. The molecule has 25 heavy (non-hydrogen) atoms. The van der Waals surface area contributed by atoms with E-state index >= 15 is 0 Å². The SMILES string of the molecule is COC(=O)c1sc(NC(=O)Cc2ccc(-n3cccc3)cc2)nc1C. The summed E-state index contributed by atoms with van der Waals surface area (Å²) < 4.78 is 6.69. The van der Waals surface area contributed by atoms with E-state index in [0.29, 0.717) is 15.7 Å². The van der Waals surface area contributed by atoms with Crippen molar-refractivity contribution in [3.8, 4) is 5.69 Å². The highest BCUT2D eigenvalue weighted by atomic mass is 32.1. The Hall–Kier alpha value is -2.93. The molecule has 3 rings (SSSR count). The van der Waals surface area contributed by atoms with E-state index in [1.807, 2.05) is 53.4 Å². The number of ether oxygens (including phenoxy) is 1. The van der Waals surface area contributed by atoms with Gasteiger partial charge in [0.25, 0.3) is 0 Å². The Kier molecular flexibility index (Phi) is 4.95. The number of hydrogen-bond donors (Lipinski definition) is 1. The standard InChI is InChI=1S/C18H17N3O3S/c1-12-16(17(23)24-2)25-18(19-12)20-15(22)11-13-5-7-14(8-6-13)21-9-3-4-10-21/h3-10H,11H2,1-2H3,(H,19,20,22). The van der Waals surface area contributed by atoms with E-state index in [9.17, 15) is 9.59 Å². The lowest BCUT2D eigenvalue weighted by atomic mass is 10.1. The van der Waals surface area contributed by atoms with Crippen molar-refractivity contribution in [1.29, 1.82) is 0 Å². The molecule has 7 heteroatoms. The maximum absolute atomic E-state index is 12.2. The molecule has 0 bridgehead atoms. The number of carbonyl (C=O) groups is 2. The lowest BCUT2D eigenvalue weighted by Gasteiger charge is -2.05. The molecular weight excluding hydrogens is 338 g/mol. The van der Waals surface area contributed by atoms with Crippen LogP contribution in [0.2, 0.25) is 0 Å². The normalized spacial score (nSPS) is 10.5. The number of anilines is 1. The van der Waals surface area contributed by atoms with Gasteiger partial charge in [0, 0.05) is 18.1 Å². The van der Waals surface area contributed by atoms with Gasteiger partial charge in [0.15, 0.2) is 5.13 Å². The van der Waals surface area contributed by atoms with Gasteiger partial charge in [0.2, 0.25) is 5.91 Å². The van der Waals surface area contributed by atoms with Crippen LogP contribution in [0.5, 0.6) is 0 Å². The number of esters is 1. The first-order chi connectivity index (χ1) is 12.1. The Bertz CT molecular complexity index is 883. The van der Waals surface area contributed by atoms with Gasteiger partial charge < -0.3 is 14.6 Å². The highest BCUT2D eigenvalue weighted by molar-refractivity contribution is 7.17. The molecule has 1 amide bonds. The Labute approximate surface area is 149 Å². The number of methoxy groups -OCH3 is 1. The molecule has 2 heterocycles. The van der Waals surface area contributed by atoms with Gasteiger partial charge in [-0.05, 0) is 36.8 Å². The van der Waals surface area contributed by atoms with Crippen LogP contribution in [0.1, 0.15) is 20.9 Å². The molecule has 0 aliphatic heterocycles. The summed E-state index contributed by atoms with van der Waals surface area (Å²) in [6.45, 7) is 1.71. The van der Waals surface area contributed by atoms with Crippen LogP contribution >= 0.6 is 11.3 Å². The molecule has 6 nitrogen and oxygen atoms in total. The Morgan fingerprint density at radius 1 is 1.20 bits per heavy atom. The second-order valence-electron chi connectivity index (χ2n) is 5.41. The minimum absolute atomic E-state index is 0.182. The van der Waals surface area contributed by atoms with Crippen molar-refractivity contribution in [3.63, 3.8) is 0 Å². The first-order valence-electron chi connectivity index (χ1n) is 7.64. The zero-order valence-electron chi connectivity index (χ0n) is 13.9. The molecule has 0 spiro atoms. The van der Waals surface area contributed by atoms with E-state index < -0.39 is 5.97 Å². The molecule has 2 aromatic heterocycles. The predicted octanol–water partition coefficient (Wildman–Crippen LogP) is 3.21. The van der Waals surface area contributed by atoms with E-state index in [0.717, 1.165) is 22.6 Å². The van der Waals surface area contributed by atoms with Gasteiger partial charge in [0.05, 0.1) is 19.2 Å². The van der Waals surface area contributed by atoms with Gasteiger partial charge in [-0.1, -0.05) is 23.5 Å². The average Bonchev–Trinajstić information content (AvgIpc) is 3.25. The van der Waals surface area contributed by atoms with Crippen molar-refractivity contribution in [2.24, 2.45) is 0 Å². The van der Waals surface area contributed by atoms with Crippen LogP contribution in [0, 0.1) is 6.92 Å². The summed E-state index contributed by atoms with van der Waals surface area (Å²) in [6, 6.07) is 11.7. The van der Waals surface area contributed by atoms with E-state index in [1.54, 1.807) is 6.92 Å². The predicted molar refractivity (Wildman–Crippen MR) is 96.3 cm³/mol. The van der Waals surface area contributed by atoms with Crippen LogP contribution in [-0.2, 0) is 16.0 Å². The molecule has 1 N–H and O–H groups in total. The van der Waals surface area contributed by atoms with Crippen LogP contribution in [0.4, 0.5) is 5.13 Å². The van der Waals surface area contributed by atoms with Crippen molar-refractivity contribution in [3.05, 3.63) is 64.9 Å². The third-order valence-corrected chi connectivity index (χ3v) is 4.67. The molecule has 1 aromatic carbocycles. The largest absolute Gasteiger partial charge is 0.465 e. The third kappa shape index (κ3) is 3.95. The summed E-state index contributed by atoms with van der Waals surface area (Å²) in [7, 11) is 1.32. The van der Waals surface area contributed by atoms with Gasteiger partial charge >= 0.3 is 5.97 Å². The highest BCUT2D eigenvalue weighted by Crippen LogP contribution is 2.23. The number of rotatable bonds is 5. The van der Waals surface area contributed by atoms with Crippen molar-refractivity contribution < 1.29 is 14.3 Å². The quantitative estimate of drug-likeness (QED) is 0.713. The molecule has 0 atom stereocenters. The number of carbonyl (C=O) groups excluding carboxylic acids is 2. The smallest absolute Gasteiger partial charge is 0.350 e. The van der Waals surface area contributed by atoms with Gasteiger partial charge in [-0.15, -0.1) is 0 Å². The van der Waals surface area contributed by atoms with Crippen molar-refractivity contribution in [2.75, 3.05) is 12.4 Å². The molecule has 0 saturated heterocycles. The maximum atomic E-state index is 12.2. The average molecular weight is 355 g/mol. The van der Waals surface area contributed by atoms with E-state index in [2.05, 4.69) is 15.0 Å². The van der Waals surface area contributed by atoms with Crippen LogP contribution in [0.25, 0.3) is 5.69 Å². The molecule has 0 fully saturated rings. The molecule has 0 aliphatic rings. The van der Waals surface area contributed by atoms with E-state index in [4.69, 9.17) is 0 Å². The second kappa shape index (κ2) is 7.31. The Balaban J connectivity index is 1.64. The van der Waals surface area contributed by atoms with E-state index in [1.165, 1.54) is 7.11 Å². The molecular formula is C18H17N3O3S. The number of amides is 1. The molecule has 0 saturated carbocycles. The summed E-state index contributed by atoms with van der Waals surface area (Å²) in [5, 5.41) is 3.12. The lowest BCUT2D eigenvalue weighted by Crippen LogP contribution is -2.14. The van der Waals surface area contributed by atoms with Crippen molar-refractivity contribution >= 4 is 28.3 Å². The van der Waals surface area contributed by atoms with Crippen molar-refractivity contribution in [1.82, 2.24) is 9.55 Å². The fourth-order valence-electron chi connectivity index (χ4n) is 2.37. The molecule has 0 aliphatic carbocycles. The van der Waals surface area contributed by atoms with Crippen LogP contribution in [0.3, 0.4) is 0 Å². The number of benzene rings is 1. The minimum atomic E-state index is -0.448. The van der Waals surface area contributed by atoms with Gasteiger partial charge in [0.1, 0.15) is 4.88 Å². The summed E-state index contributed by atoms with van der Waals surface area (Å²) in [6.07, 6.45) is 4.16. The summed E-state index contributed by atoms with van der Waals surface area (Å²) in [5.41, 5.74) is 2.48. The number of aryl methyl sites for hydroxylation is 1. The monoisotopic (exact) mass is 355 g/mol. The van der Waals surface area contributed by atoms with Crippen molar-refractivity contribution in [2.45, 2.75) is 13.3 Å². The summed E-state index contributed by atoms with van der Waals surface area (Å²) in [5.74, 6) is -0.630. The first-order valence-corrected chi connectivity index (χ1v) is 8.46. The van der Waals surface area contributed by atoms with Gasteiger partial charge in [-0.25, -0.2) is 9.78 Å². The van der Waals surface area contributed by atoms with Gasteiger partial charge in [-0.2, -0.15) is 0 Å². The Morgan fingerprint density at radius 3 is 2.52 bits per heavy atom. The van der Waals surface area contributed by atoms with E-state index in [-0.39, 0.29) is 12.3 Å². The maximum Gasteiger partial charge on any atom is 0.350 e. The lowest BCUT2D eigenvalue weighted by molar-refractivity contribution is -0.115. The van der Waals surface area contributed by atoms with Crippen LogP contribution in [0.15, 0.2) is 48.8 Å². The summed E-state index contributed by atoms with van der Waals surface area (Å²) >= 11 is 1.11. The fraction of sp³-hybridized carbons (Fsp3) is 0.167. The number of nitrogens with one attached hydrogen (secondary N) is 1.